The van der Waals surface area contributed by atoms with Crippen LogP contribution in [0.1, 0.15) is 30.9 Å². The number of aryl methyl sites for hydroxylation is 1. The van der Waals surface area contributed by atoms with Crippen LogP contribution in [-0.4, -0.2) is 46.1 Å². The molecule has 5 rings (SSSR count). The summed E-state index contributed by atoms with van der Waals surface area (Å²) in [7, 11) is 0. The molecule has 2 fully saturated rings. The summed E-state index contributed by atoms with van der Waals surface area (Å²) in [5.74, 6) is 2.71. The molecule has 2 saturated heterocycles. The summed E-state index contributed by atoms with van der Waals surface area (Å²) in [6.45, 7) is 8.38. The number of rotatable bonds is 2. The maximum atomic E-state index is 9.19. The van der Waals surface area contributed by atoms with Crippen LogP contribution in [0, 0.1) is 29.6 Å². The monoisotopic (exact) mass is 387 g/mol. The van der Waals surface area contributed by atoms with E-state index in [1.807, 2.05) is 13.1 Å². The van der Waals surface area contributed by atoms with E-state index < -0.39 is 0 Å². The average molecular weight is 387 g/mol. The van der Waals surface area contributed by atoms with Gasteiger partial charge in [-0.3, -0.25) is 0 Å². The van der Waals surface area contributed by atoms with Crippen molar-refractivity contribution in [3.05, 3.63) is 42.0 Å². The molecule has 3 aromatic heterocycles. The summed E-state index contributed by atoms with van der Waals surface area (Å²) in [6.07, 6.45) is 7.64. The second-order valence-electron chi connectivity index (χ2n) is 8.68. The number of hydrogen-bond donors (Lipinski definition) is 1. The third-order valence-corrected chi connectivity index (χ3v) is 6.76. The Balaban J connectivity index is 1.41. The van der Waals surface area contributed by atoms with Crippen molar-refractivity contribution in [3.8, 4) is 6.07 Å². The summed E-state index contributed by atoms with van der Waals surface area (Å²) in [5, 5.41) is 10.3. The van der Waals surface area contributed by atoms with Crippen molar-refractivity contribution in [1.82, 2.24) is 19.9 Å². The quantitative estimate of drug-likeness (QED) is 0.726. The molecule has 5 heterocycles. The van der Waals surface area contributed by atoms with Gasteiger partial charge in [-0.2, -0.15) is 5.26 Å². The van der Waals surface area contributed by atoms with Crippen LogP contribution in [0.4, 0.5) is 11.6 Å². The van der Waals surface area contributed by atoms with Crippen LogP contribution >= 0.6 is 0 Å². The normalized spacial score (nSPS) is 24.4. The van der Waals surface area contributed by atoms with Gasteiger partial charge in [0.1, 0.15) is 29.7 Å². The van der Waals surface area contributed by atoms with Crippen molar-refractivity contribution in [2.24, 2.45) is 11.3 Å². The Morgan fingerprint density at radius 3 is 2.76 bits per heavy atom. The van der Waals surface area contributed by atoms with Gasteiger partial charge in [-0.1, -0.05) is 6.92 Å². The molecule has 29 heavy (non-hydrogen) atoms. The first kappa shape index (κ1) is 17.9. The largest absolute Gasteiger partial charge is 0.356 e. The SMILES string of the molecule is Cc1cc(N2CCC3CCN(c4ncnc5[nH]ccc45)CC3(C)C2)ncc1C#N. The maximum absolute atomic E-state index is 9.19. The number of anilines is 2. The maximum Gasteiger partial charge on any atom is 0.142 e. The fourth-order valence-electron chi connectivity index (χ4n) is 5.12. The summed E-state index contributed by atoms with van der Waals surface area (Å²) >= 11 is 0. The van der Waals surface area contributed by atoms with Gasteiger partial charge in [-0.25, -0.2) is 15.0 Å². The second kappa shape index (κ2) is 6.73. The van der Waals surface area contributed by atoms with Crippen molar-refractivity contribution in [2.75, 3.05) is 36.0 Å². The number of fused-ring (bicyclic) bond motifs is 2. The number of H-pyrrole nitrogens is 1. The molecule has 2 atom stereocenters. The number of nitriles is 1. The van der Waals surface area contributed by atoms with E-state index in [-0.39, 0.29) is 5.41 Å². The van der Waals surface area contributed by atoms with Gasteiger partial charge in [0.05, 0.1) is 10.9 Å². The molecule has 0 amide bonds. The van der Waals surface area contributed by atoms with Gasteiger partial charge in [-0.15, -0.1) is 0 Å². The number of piperidine rings is 2. The molecule has 0 bridgehead atoms. The standard InChI is InChI=1S/C22H25N7/c1-15-9-19(25-11-16(15)10-23)28-7-4-17-5-8-29(13-22(17,2)12-28)21-18-3-6-24-20(18)26-14-27-21/h3,6,9,11,14,17H,4-5,7-8,12-13H2,1-2H3,(H,24,26,27). The fraction of sp³-hybridized carbons (Fsp3) is 0.455. The third-order valence-electron chi connectivity index (χ3n) is 6.76. The number of nitrogens with zero attached hydrogens (tertiary/aromatic N) is 6. The van der Waals surface area contributed by atoms with Crippen LogP contribution in [0.25, 0.3) is 11.0 Å². The van der Waals surface area contributed by atoms with E-state index in [4.69, 9.17) is 0 Å². The van der Waals surface area contributed by atoms with Crippen LogP contribution in [-0.2, 0) is 0 Å². The summed E-state index contributed by atoms with van der Waals surface area (Å²) in [5.41, 5.74) is 2.70. The highest BCUT2D eigenvalue weighted by Crippen LogP contribution is 2.43. The predicted octanol–water partition coefficient (Wildman–Crippen LogP) is 3.28. The molecule has 148 valence electrons. The van der Waals surface area contributed by atoms with Gasteiger partial charge in [-0.05, 0) is 43.4 Å². The third kappa shape index (κ3) is 3.00. The van der Waals surface area contributed by atoms with Gasteiger partial charge in [0, 0.05) is 44.0 Å². The highest BCUT2D eigenvalue weighted by Gasteiger charge is 2.44. The van der Waals surface area contributed by atoms with Crippen molar-refractivity contribution >= 4 is 22.7 Å². The van der Waals surface area contributed by atoms with Crippen LogP contribution < -0.4 is 9.80 Å². The first-order chi connectivity index (χ1) is 14.1. The Labute approximate surface area is 170 Å². The number of nitrogens with one attached hydrogen (secondary N) is 1. The van der Waals surface area contributed by atoms with Crippen molar-refractivity contribution in [2.45, 2.75) is 26.7 Å². The van der Waals surface area contributed by atoms with Gasteiger partial charge in [0.25, 0.3) is 0 Å². The van der Waals surface area contributed by atoms with Crippen LogP contribution in [0.2, 0.25) is 0 Å². The van der Waals surface area contributed by atoms with Gasteiger partial charge in [0.2, 0.25) is 0 Å². The van der Waals surface area contributed by atoms with E-state index in [1.54, 1.807) is 12.5 Å². The minimum Gasteiger partial charge on any atom is -0.356 e. The van der Waals surface area contributed by atoms with Crippen LogP contribution in [0.3, 0.4) is 0 Å². The molecule has 0 saturated carbocycles. The fourth-order valence-corrected chi connectivity index (χ4v) is 5.12. The molecule has 1 N–H and O–H groups in total. The molecule has 0 spiro atoms. The van der Waals surface area contributed by atoms with Crippen LogP contribution in [0.15, 0.2) is 30.9 Å². The Morgan fingerprint density at radius 1 is 1.17 bits per heavy atom. The zero-order chi connectivity index (χ0) is 20.0. The summed E-state index contributed by atoms with van der Waals surface area (Å²) < 4.78 is 0. The first-order valence-corrected chi connectivity index (χ1v) is 10.2. The zero-order valence-corrected chi connectivity index (χ0v) is 16.9. The Bertz CT molecular complexity index is 1100. The molecule has 0 aromatic carbocycles. The molecule has 7 heteroatoms. The lowest BCUT2D eigenvalue weighted by Crippen LogP contribution is -2.57. The van der Waals surface area contributed by atoms with E-state index in [1.165, 1.54) is 12.8 Å². The number of aromatic nitrogens is 4. The Kier molecular flexibility index (Phi) is 4.16. The minimum absolute atomic E-state index is 0.160. The Morgan fingerprint density at radius 2 is 1.97 bits per heavy atom. The van der Waals surface area contributed by atoms with E-state index in [0.29, 0.717) is 11.5 Å². The first-order valence-electron chi connectivity index (χ1n) is 10.2. The lowest BCUT2D eigenvalue weighted by atomic mass is 9.68. The number of aromatic amines is 1. The molecule has 0 aliphatic carbocycles. The molecule has 2 unspecified atom stereocenters. The van der Waals surface area contributed by atoms with E-state index in [0.717, 1.165) is 54.4 Å². The highest BCUT2D eigenvalue weighted by molar-refractivity contribution is 5.87. The topological polar surface area (TPSA) is 84.7 Å². The minimum atomic E-state index is 0.160. The molecule has 7 nitrogen and oxygen atoms in total. The van der Waals surface area contributed by atoms with Gasteiger partial charge in [0.15, 0.2) is 0 Å². The summed E-state index contributed by atoms with van der Waals surface area (Å²) in [6, 6.07) is 6.33. The van der Waals surface area contributed by atoms with Gasteiger partial charge < -0.3 is 14.8 Å². The molecule has 3 aromatic rings. The zero-order valence-electron chi connectivity index (χ0n) is 16.9. The number of pyridine rings is 1. The van der Waals surface area contributed by atoms with Crippen LogP contribution in [0.5, 0.6) is 0 Å². The lowest BCUT2D eigenvalue weighted by molar-refractivity contribution is 0.125. The molecular formula is C22H25N7. The van der Waals surface area contributed by atoms with Crippen molar-refractivity contribution in [3.63, 3.8) is 0 Å². The average Bonchev–Trinajstić information content (AvgIpc) is 3.21. The predicted molar refractivity (Wildman–Crippen MR) is 113 cm³/mol. The second-order valence-corrected chi connectivity index (χ2v) is 8.68. The van der Waals surface area contributed by atoms with E-state index in [9.17, 15) is 5.26 Å². The van der Waals surface area contributed by atoms with Gasteiger partial charge >= 0.3 is 0 Å². The van der Waals surface area contributed by atoms with E-state index in [2.05, 4.69) is 54.9 Å². The van der Waals surface area contributed by atoms with Crippen molar-refractivity contribution in [1.29, 1.82) is 5.26 Å². The smallest absolute Gasteiger partial charge is 0.142 e. The van der Waals surface area contributed by atoms with Crippen molar-refractivity contribution < 1.29 is 0 Å². The number of hydrogen-bond acceptors (Lipinski definition) is 6. The molecule has 2 aliphatic heterocycles. The molecule has 2 aliphatic rings. The summed E-state index contributed by atoms with van der Waals surface area (Å²) in [4.78, 5) is 21.5. The molecular weight excluding hydrogens is 362 g/mol. The Hall–Kier alpha value is -3.14. The lowest BCUT2D eigenvalue weighted by Gasteiger charge is -2.52. The highest BCUT2D eigenvalue weighted by atomic mass is 15.2. The molecule has 0 radical (unpaired) electrons. The van der Waals surface area contributed by atoms with E-state index >= 15 is 0 Å².